The molecule has 0 saturated heterocycles. The summed E-state index contributed by atoms with van der Waals surface area (Å²) in [5.74, 6) is 0. The molecule has 11 heavy (non-hydrogen) atoms. The molecule has 0 amide bonds. The van der Waals surface area contributed by atoms with E-state index in [2.05, 4.69) is 18.7 Å². The van der Waals surface area contributed by atoms with Crippen LogP contribution in [0, 0.1) is 0 Å². The van der Waals surface area contributed by atoms with Crippen LogP contribution in [0.4, 0.5) is 0 Å². The average Bonchev–Trinajstić information content (AvgIpc) is 2.55. The molecule has 2 heterocycles. The lowest BCUT2D eigenvalue weighted by Gasteiger charge is -1.83. The topological polar surface area (TPSA) is 13.1 Å². The second-order valence-corrected chi connectivity index (χ2v) is 3.54. The van der Waals surface area contributed by atoms with Gasteiger partial charge in [0.15, 0.2) is 5.09 Å². The molecule has 0 aromatic carbocycles. The maximum atomic E-state index is 5.06. The Hall–Kier alpha value is -0.670. The van der Waals surface area contributed by atoms with E-state index in [9.17, 15) is 0 Å². The van der Waals surface area contributed by atoms with Gasteiger partial charge in [-0.1, -0.05) is 6.07 Å². The van der Waals surface area contributed by atoms with Crippen molar-refractivity contribution in [3.63, 3.8) is 0 Å². The van der Waals surface area contributed by atoms with Crippen LogP contribution in [0.15, 0.2) is 39.4 Å². The van der Waals surface area contributed by atoms with Gasteiger partial charge in [-0.05, 0) is 17.5 Å². The molecule has 0 N–H and O–H groups in total. The van der Waals surface area contributed by atoms with E-state index < -0.39 is 0 Å². The first kappa shape index (κ1) is 7.00. The summed E-state index contributed by atoms with van der Waals surface area (Å²) in [4.78, 5) is 1.22. The highest BCUT2D eigenvalue weighted by molar-refractivity contribution is 7.80. The molecular formula is C8H6OS2. The Morgan fingerprint density at radius 2 is 2.36 bits per heavy atom. The molecule has 0 aliphatic rings. The van der Waals surface area contributed by atoms with Crippen molar-refractivity contribution in [2.75, 3.05) is 0 Å². The Morgan fingerprint density at radius 3 is 2.91 bits per heavy atom. The Labute approximate surface area is 74.1 Å². The first-order valence-electron chi connectivity index (χ1n) is 3.17. The molecular weight excluding hydrogens is 176 g/mol. The largest absolute Gasteiger partial charge is 0.458 e. The van der Waals surface area contributed by atoms with Gasteiger partial charge in [0.05, 0.1) is 0 Å². The van der Waals surface area contributed by atoms with Crippen LogP contribution < -0.4 is 0 Å². The summed E-state index contributed by atoms with van der Waals surface area (Å²) in [5.41, 5.74) is 1.10. The molecule has 0 bridgehead atoms. The molecule has 0 aliphatic heterocycles. The van der Waals surface area contributed by atoms with Gasteiger partial charge in [0.2, 0.25) is 0 Å². The molecule has 3 heteroatoms. The fourth-order valence-electron chi connectivity index (χ4n) is 0.897. The summed E-state index contributed by atoms with van der Waals surface area (Å²) in [6.07, 6.45) is 1.72. The monoisotopic (exact) mass is 182 g/mol. The SMILES string of the molecule is Sc1cc(-c2cccs2)co1. The maximum absolute atomic E-state index is 5.06. The van der Waals surface area contributed by atoms with Crippen LogP contribution in [-0.2, 0) is 0 Å². The van der Waals surface area contributed by atoms with Gasteiger partial charge in [-0.3, -0.25) is 0 Å². The van der Waals surface area contributed by atoms with E-state index in [0.29, 0.717) is 5.09 Å². The number of rotatable bonds is 1. The Kier molecular flexibility index (Phi) is 1.75. The van der Waals surface area contributed by atoms with Crippen LogP contribution in [0.1, 0.15) is 0 Å². The van der Waals surface area contributed by atoms with E-state index in [1.807, 2.05) is 17.5 Å². The molecule has 0 atom stereocenters. The number of thiol groups is 1. The molecule has 0 unspecified atom stereocenters. The Morgan fingerprint density at radius 1 is 1.45 bits per heavy atom. The van der Waals surface area contributed by atoms with Crippen molar-refractivity contribution in [2.45, 2.75) is 5.09 Å². The van der Waals surface area contributed by atoms with Crippen molar-refractivity contribution in [3.8, 4) is 10.4 Å². The number of hydrogen-bond donors (Lipinski definition) is 1. The third-order valence-electron chi connectivity index (χ3n) is 1.39. The van der Waals surface area contributed by atoms with Crippen LogP contribution in [0.25, 0.3) is 10.4 Å². The summed E-state index contributed by atoms with van der Waals surface area (Å²) in [7, 11) is 0. The maximum Gasteiger partial charge on any atom is 0.157 e. The van der Waals surface area contributed by atoms with Gasteiger partial charge in [-0.2, -0.15) is 0 Å². The van der Waals surface area contributed by atoms with Gasteiger partial charge in [-0.25, -0.2) is 0 Å². The lowest BCUT2D eigenvalue weighted by Crippen LogP contribution is -1.59. The van der Waals surface area contributed by atoms with Gasteiger partial charge < -0.3 is 4.42 Å². The van der Waals surface area contributed by atoms with Crippen molar-refractivity contribution in [1.29, 1.82) is 0 Å². The van der Waals surface area contributed by atoms with Crippen molar-refractivity contribution in [1.82, 2.24) is 0 Å². The summed E-state index contributed by atoms with van der Waals surface area (Å²) in [5, 5.41) is 2.70. The van der Waals surface area contributed by atoms with Gasteiger partial charge in [0, 0.05) is 10.4 Å². The summed E-state index contributed by atoms with van der Waals surface area (Å²) < 4.78 is 5.06. The smallest absolute Gasteiger partial charge is 0.157 e. The highest BCUT2D eigenvalue weighted by Crippen LogP contribution is 2.27. The van der Waals surface area contributed by atoms with Crippen molar-refractivity contribution in [2.24, 2.45) is 0 Å². The molecule has 0 saturated carbocycles. The van der Waals surface area contributed by atoms with Crippen LogP contribution >= 0.6 is 24.0 Å². The second kappa shape index (κ2) is 2.75. The van der Waals surface area contributed by atoms with Gasteiger partial charge in [0.1, 0.15) is 6.26 Å². The molecule has 2 rings (SSSR count). The number of furan rings is 1. The zero-order valence-corrected chi connectivity index (χ0v) is 7.36. The second-order valence-electron chi connectivity index (χ2n) is 2.15. The minimum absolute atomic E-state index is 0.661. The third kappa shape index (κ3) is 1.34. The first-order valence-corrected chi connectivity index (χ1v) is 4.50. The summed E-state index contributed by atoms with van der Waals surface area (Å²) in [6, 6.07) is 5.99. The molecule has 56 valence electrons. The summed E-state index contributed by atoms with van der Waals surface area (Å²) in [6.45, 7) is 0. The van der Waals surface area contributed by atoms with Crippen molar-refractivity contribution in [3.05, 3.63) is 29.8 Å². The molecule has 0 fully saturated rings. The van der Waals surface area contributed by atoms with Crippen LogP contribution in [-0.4, -0.2) is 0 Å². The lowest BCUT2D eigenvalue weighted by molar-refractivity contribution is 0.477. The van der Waals surface area contributed by atoms with Gasteiger partial charge in [0.25, 0.3) is 0 Å². The molecule has 2 aromatic rings. The van der Waals surface area contributed by atoms with Crippen LogP contribution in [0.3, 0.4) is 0 Å². The van der Waals surface area contributed by atoms with Crippen LogP contribution in [0.5, 0.6) is 0 Å². The predicted molar refractivity (Wildman–Crippen MR) is 49.3 cm³/mol. The predicted octanol–water partition coefficient (Wildman–Crippen LogP) is 3.30. The van der Waals surface area contributed by atoms with E-state index in [1.54, 1.807) is 17.6 Å². The van der Waals surface area contributed by atoms with E-state index in [0.717, 1.165) is 5.56 Å². The average molecular weight is 182 g/mol. The minimum Gasteiger partial charge on any atom is -0.458 e. The fraction of sp³-hybridized carbons (Fsp3) is 0. The molecule has 0 spiro atoms. The Balaban J connectivity index is 2.45. The highest BCUT2D eigenvalue weighted by Gasteiger charge is 2.00. The summed E-state index contributed by atoms with van der Waals surface area (Å²) >= 11 is 5.77. The molecule has 0 radical (unpaired) electrons. The lowest BCUT2D eigenvalue weighted by atomic mass is 10.3. The van der Waals surface area contributed by atoms with E-state index in [1.165, 1.54) is 4.88 Å². The number of hydrogen-bond acceptors (Lipinski definition) is 3. The molecule has 0 aliphatic carbocycles. The fourth-order valence-corrected chi connectivity index (χ4v) is 1.79. The van der Waals surface area contributed by atoms with E-state index in [4.69, 9.17) is 4.42 Å². The minimum atomic E-state index is 0.661. The van der Waals surface area contributed by atoms with Crippen molar-refractivity contribution >= 4 is 24.0 Å². The van der Waals surface area contributed by atoms with E-state index >= 15 is 0 Å². The molecule has 2 aromatic heterocycles. The van der Waals surface area contributed by atoms with Crippen molar-refractivity contribution < 1.29 is 4.42 Å². The van der Waals surface area contributed by atoms with Gasteiger partial charge in [-0.15, -0.1) is 24.0 Å². The standard InChI is InChI=1S/C8H6OS2/c10-8-4-6(5-9-8)7-2-1-3-11-7/h1-5,10H. The van der Waals surface area contributed by atoms with Gasteiger partial charge >= 0.3 is 0 Å². The highest BCUT2D eigenvalue weighted by atomic mass is 32.1. The molecule has 1 nitrogen and oxygen atoms in total. The zero-order chi connectivity index (χ0) is 7.68. The normalized spacial score (nSPS) is 10.3. The van der Waals surface area contributed by atoms with E-state index in [-0.39, 0.29) is 0 Å². The number of thiophene rings is 1. The quantitative estimate of drug-likeness (QED) is 0.668. The zero-order valence-electron chi connectivity index (χ0n) is 5.65. The van der Waals surface area contributed by atoms with Crippen LogP contribution in [0.2, 0.25) is 0 Å². The first-order chi connectivity index (χ1) is 5.36. The Bertz CT molecular complexity index is 335. The third-order valence-corrected chi connectivity index (χ3v) is 2.54.